The molecule has 1 atom stereocenters. The van der Waals surface area contributed by atoms with Crippen molar-refractivity contribution in [3.05, 3.63) is 47.0 Å². The highest BCUT2D eigenvalue weighted by molar-refractivity contribution is 9.10. The monoisotopic (exact) mass is 292 g/mol. The number of hydrogen-bond donors (Lipinski definition) is 0. The number of halogens is 1. The molecule has 17 heavy (non-hydrogen) atoms. The van der Waals surface area contributed by atoms with Crippen LogP contribution in [0.3, 0.4) is 0 Å². The molecule has 2 heterocycles. The number of benzene rings is 1. The molecule has 1 aliphatic rings. The van der Waals surface area contributed by atoms with Crippen LogP contribution in [0.1, 0.15) is 11.8 Å². The first-order valence-corrected chi connectivity index (χ1v) is 5.98. The summed E-state index contributed by atoms with van der Waals surface area (Å²) in [5.41, 5.74) is 0.807. The Morgan fingerprint density at radius 1 is 1.18 bits per heavy atom. The topological polar surface area (TPSA) is 44.2 Å². The molecule has 0 saturated heterocycles. The van der Waals surface area contributed by atoms with Gasteiger partial charge in [-0.15, -0.1) is 0 Å². The van der Waals surface area contributed by atoms with Crippen LogP contribution < -0.4 is 9.47 Å². The highest BCUT2D eigenvalue weighted by Crippen LogP contribution is 2.35. The van der Waals surface area contributed by atoms with Gasteiger partial charge in [-0.05, 0) is 34.1 Å². The lowest BCUT2D eigenvalue weighted by Gasteiger charge is -2.25. The van der Waals surface area contributed by atoms with Gasteiger partial charge in [0.05, 0.1) is 5.69 Å². The van der Waals surface area contributed by atoms with Crippen LogP contribution in [-0.2, 0) is 0 Å². The predicted molar refractivity (Wildman–Crippen MR) is 65.0 cm³/mol. The van der Waals surface area contributed by atoms with Gasteiger partial charge in [0.2, 0.25) is 0 Å². The van der Waals surface area contributed by atoms with E-state index in [0.717, 1.165) is 21.8 Å². The molecule has 1 aliphatic heterocycles. The fraction of sp³-hybridized carbons (Fsp3) is 0.167. The molecule has 0 bridgehead atoms. The van der Waals surface area contributed by atoms with Gasteiger partial charge in [-0.3, -0.25) is 0 Å². The lowest BCUT2D eigenvalue weighted by molar-refractivity contribution is 0.0881. The highest BCUT2D eigenvalue weighted by atomic mass is 79.9. The van der Waals surface area contributed by atoms with E-state index in [1.54, 1.807) is 0 Å². The average Bonchev–Trinajstić information content (AvgIpc) is 2.38. The minimum Gasteiger partial charge on any atom is -0.485 e. The smallest absolute Gasteiger partial charge is 0.175 e. The minimum atomic E-state index is -0.191. The second-order valence-electron chi connectivity index (χ2n) is 3.63. The van der Waals surface area contributed by atoms with Crippen molar-refractivity contribution in [1.82, 2.24) is 9.97 Å². The maximum absolute atomic E-state index is 5.84. The summed E-state index contributed by atoms with van der Waals surface area (Å²) < 4.78 is 12.2. The van der Waals surface area contributed by atoms with E-state index in [1.165, 1.54) is 6.33 Å². The summed E-state index contributed by atoms with van der Waals surface area (Å²) in [5, 5.41) is 0. The van der Waals surface area contributed by atoms with E-state index in [9.17, 15) is 0 Å². The molecule has 0 aliphatic carbocycles. The molecule has 2 aromatic rings. The Kier molecular flexibility index (Phi) is 2.68. The van der Waals surface area contributed by atoms with Crippen molar-refractivity contribution in [2.75, 3.05) is 6.61 Å². The fourth-order valence-corrected chi connectivity index (χ4v) is 2.01. The van der Waals surface area contributed by atoms with Crippen molar-refractivity contribution in [3.8, 4) is 11.5 Å². The van der Waals surface area contributed by atoms with Crippen LogP contribution in [0, 0.1) is 0 Å². The van der Waals surface area contributed by atoms with E-state index in [4.69, 9.17) is 9.47 Å². The number of nitrogens with zero attached hydrogens (tertiary/aromatic N) is 2. The fourth-order valence-electron chi connectivity index (χ4n) is 1.69. The number of para-hydroxylation sites is 2. The quantitative estimate of drug-likeness (QED) is 0.758. The first kappa shape index (κ1) is 10.5. The number of aromatic nitrogens is 2. The molecule has 3 rings (SSSR count). The van der Waals surface area contributed by atoms with Crippen LogP contribution in [0.25, 0.3) is 0 Å². The lowest BCUT2D eigenvalue weighted by Crippen LogP contribution is -2.22. The van der Waals surface area contributed by atoms with Crippen LogP contribution in [-0.4, -0.2) is 16.6 Å². The standard InChI is InChI=1S/C12H9BrN2O2/c13-12-5-8(14-7-15-12)11-6-16-9-3-1-2-4-10(9)17-11/h1-5,7,11H,6H2. The molecule has 5 heteroatoms. The second-order valence-corrected chi connectivity index (χ2v) is 4.44. The van der Waals surface area contributed by atoms with Gasteiger partial charge in [-0.25, -0.2) is 9.97 Å². The third kappa shape index (κ3) is 2.10. The van der Waals surface area contributed by atoms with Gasteiger partial charge in [0.1, 0.15) is 17.5 Å². The molecule has 4 nitrogen and oxygen atoms in total. The molecular weight excluding hydrogens is 284 g/mol. The lowest BCUT2D eigenvalue weighted by atomic mass is 10.2. The van der Waals surface area contributed by atoms with E-state index >= 15 is 0 Å². The van der Waals surface area contributed by atoms with Crippen molar-refractivity contribution >= 4 is 15.9 Å². The minimum absolute atomic E-state index is 0.191. The summed E-state index contributed by atoms with van der Waals surface area (Å²) >= 11 is 3.31. The molecule has 1 aromatic carbocycles. The summed E-state index contributed by atoms with van der Waals surface area (Å²) in [5.74, 6) is 1.52. The Hall–Kier alpha value is -1.62. The van der Waals surface area contributed by atoms with Gasteiger partial charge in [-0.2, -0.15) is 0 Å². The maximum Gasteiger partial charge on any atom is 0.175 e. The highest BCUT2D eigenvalue weighted by Gasteiger charge is 2.23. The summed E-state index contributed by atoms with van der Waals surface area (Å²) in [6.07, 6.45) is 1.31. The van der Waals surface area contributed by atoms with Gasteiger partial charge in [0.25, 0.3) is 0 Å². The second kappa shape index (κ2) is 4.33. The number of rotatable bonds is 1. The zero-order chi connectivity index (χ0) is 11.7. The van der Waals surface area contributed by atoms with Crippen molar-refractivity contribution in [2.24, 2.45) is 0 Å². The molecule has 0 N–H and O–H groups in total. The Labute approximate surface area is 107 Å². The third-order valence-electron chi connectivity index (χ3n) is 2.49. The van der Waals surface area contributed by atoms with E-state index in [0.29, 0.717) is 6.61 Å². The summed E-state index contributed by atoms with van der Waals surface area (Å²) in [4.78, 5) is 8.18. The molecule has 1 unspecified atom stereocenters. The van der Waals surface area contributed by atoms with Crippen LogP contribution in [0.4, 0.5) is 0 Å². The SMILES string of the molecule is Brc1cc(C2COc3ccccc3O2)ncn1. The van der Waals surface area contributed by atoms with E-state index < -0.39 is 0 Å². The molecule has 0 amide bonds. The van der Waals surface area contributed by atoms with Crippen molar-refractivity contribution in [1.29, 1.82) is 0 Å². The Balaban J connectivity index is 1.89. The number of ether oxygens (including phenoxy) is 2. The Bertz CT molecular complexity index is 548. The van der Waals surface area contributed by atoms with E-state index in [-0.39, 0.29) is 6.10 Å². The zero-order valence-corrected chi connectivity index (χ0v) is 10.4. The third-order valence-corrected chi connectivity index (χ3v) is 2.93. The van der Waals surface area contributed by atoms with Crippen LogP contribution in [0.15, 0.2) is 41.3 Å². The van der Waals surface area contributed by atoms with E-state index in [2.05, 4.69) is 25.9 Å². The van der Waals surface area contributed by atoms with Crippen molar-refractivity contribution in [3.63, 3.8) is 0 Å². The molecule has 1 aromatic heterocycles. The molecule has 0 saturated carbocycles. The normalized spacial score (nSPS) is 17.8. The van der Waals surface area contributed by atoms with Crippen molar-refractivity contribution in [2.45, 2.75) is 6.10 Å². The molecule has 0 radical (unpaired) electrons. The summed E-state index contributed by atoms with van der Waals surface area (Å²) in [6.45, 7) is 0.459. The summed E-state index contributed by atoms with van der Waals surface area (Å²) in [7, 11) is 0. The molecular formula is C12H9BrN2O2. The Morgan fingerprint density at radius 3 is 2.82 bits per heavy atom. The van der Waals surface area contributed by atoms with Crippen LogP contribution in [0.5, 0.6) is 11.5 Å². The largest absolute Gasteiger partial charge is 0.485 e. The van der Waals surface area contributed by atoms with Gasteiger partial charge in [0.15, 0.2) is 17.6 Å². The first-order valence-electron chi connectivity index (χ1n) is 5.19. The van der Waals surface area contributed by atoms with Gasteiger partial charge in [0, 0.05) is 0 Å². The summed E-state index contributed by atoms with van der Waals surface area (Å²) in [6, 6.07) is 9.45. The Morgan fingerprint density at radius 2 is 2.00 bits per heavy atom. The van der Waals surface area contributed by atoms with Gasteiger partial charge in [-0.1, -0.05) is 12.1 Å². The van der Waals surface area contributed by atoms with E-state index in [1.807, 2.05) is 30.3 Å². The first-order chi connectivity index (χ1) is 8.33. The van der Waals surface area contributed by atoms with Crippen LogP contribution in [0.2, 0.25) is 0 Å². The average molecular weight is 293 g/mol. The van der Waals surface area contributed by atoms with Crippen molar-refractivity contribution < 1.29 is 9.47 Å². The predicted octanol–water partition coefficient (Wildman–Crippen LogP) is 2.75. The van der Waals surface area contributed by atoms with Gasteiger partial charge >= 0.3 is 0 Å². The zero-order valence-electron chi connectivity index (χ0n) is 8.84. The van der Waals surface area contributed by atoms with Gasteiger partial charge < -0.3 is 9.47 Å². The number of fused-ring (bicyclic) bond motifs is 1. The molecule has 0 fully saturated rings. The maximum atomic E-state index is 5.84. The molecule has 0 spiro atoms. The number of hydrogen-bond acceptors (Lipinski definition) is 4. The van der Waals surface area contributed by atoms with Crippen LogP contribution >= 0.6 is 15.9 Å². The molecule has 86 valence electrons.